The second-order valence-corrected chi connectivity index (χ2v) is 8.41. The van der Waals surface area contributed by atoms with Crippen molar-refractivity contribution in [3.63, 3.8) is 0 Å². The first kappa shape index (κ1) is 16.9. The van der Waals surface area contributed by atoms with E-state index < -0.39 is 5.97 Å². The van der Waals surface area contributed by atoms with Crippen LogP contribution in [0, 0.1) is 30.6 Å². The maximum atomic E-state index is 10.9. The van der Waals surface area contributed by atoms with Crippen LogP contribution < -0.4 is 4.74 Å². The van der Waals surface area contributed by atoms with Gasteiger partial charge in [-0.3, -0.25) is 9.69 Å². The van der Waals surface area contributed by atoms with Crippen molar-refractivity contribution >= 4 is 5.97 Å². The van der Waals surface area contributed by atoms with Crippen molar-refractivity contribution in [1.29, 1.82) is 0 Å². The van der Waals surface area contributed by atoms with Gasteiger partial charge in [-0.05, 0) is 67.2 Å². The molecule has 3 saturated carbocycles. The Hall–Kier alpha value is -1.55. The fourth-order valence-electron chi connectivity index (χ4n) is 4.95. The largest absolute Gasteiger partial charge is 0.493 e. The molecule has 25 heavy (non-hydrogen) atoms. The van der Waals surface area contributed by atoms with E-state index >= 15 is 0 Å². The lowest BCUT2D eigenvalue weighted by molar-refractivity contribution is -0.147. The molecule has 4 aliphatic rings. The van der Waals surface area contributed by atoms with E-state index in [2.05, 4.69) is 30.0 Å². The maximum Gasteiger partial charge on any atom is 0.309 e. The van der Waals surface area contributed by atoms with E-state index in [4.69, 9.17) is 9.84 Å². The topological polar surface area (TPSA) is 49.8 Å². The lowest BCUT2D eigenvalue weighted by Gasteiger charge is -2.42. The van der Waals surface area contributed by atoms with Gasteiger partial charge in [-0.1, -0.05) is 18.9 Å². The van der Waals surface area contributed by atoms with Gasteiger partial charge in [0.1, 0.15) is 5.75 Å². The molecule has 1 heterocycles. The van der Waals surface area contributed by atoms with Gasteiger partial charge in [0, 0.05) is 19.6 Å². The molecule has 1 unspecified atom stereocenters. The third-order valence-electron chi connectivity index (χ3n) is 6.67. The number of aryl methyl sites for hydroxylation is 1. The van der Waals surface area contributed by atoms with Crippen molar-refractivity contribution in [3.8, 4) is 5.75 Å². The molecule has 1 N–H and O–H groups in total. The minimum Gasteiger partial charge on any atom is -0.493 e. The summed E-state index contributed by atoms with van der Waals surface area (Å²) in [6.45, 7) is 5.16. The Balaban J connectivity index is 1.29. The SMILES string of the molecule is Cc1cc(OCC2CC3CCC2CC3)ccc1CN1CC(C(=O)O)C1. The van der Waals surface area contributed by atoms with Crippen molar-refractivity contribution in [2.75, 3.05) is 19.7 Å². The highest BCUT2D eigenvalue weighted by Crippen LogP contribution is 2.45. The van der Waals surface area contributed by atoms with Gasteiger partial charge in [0.15, 0.2) is 0 Å². The number of benzene rings is 1. The number of fused-ring (bicyclic) bond motifs is 3. The molecule has 2 bridgehead atoms. The number of aliphatic carboxylic acids is 1. The molecule has 136 valence electrons. The lowest BCUT2D eigenvalue weighted by Crippen LogP contribution is -2.49. The van der Waals surface area contributed by atoms with Crippen molar-refractivity contribution in [3.05, 3.63) is 29.3 Å². The summed E-state index contributed by atoms with van der Waals surface area (Å²) >= 11 is 0. The molecule has 1 atom stereocenters. The normalized spacial score (nSPS) is 29.4. The molecule has 4 heteroatoms. The second-order valence-electron chi connectivity index (χ2n) is 8.41. The van der Waals surface area contributed by atoms with Gasteiger partial charge in [-0.25, -0.2) is 0 Å². The van der Waals surface area contributed by atoms with Gasteiger partial charge in [-0.2, -0.15) is 0 Å². The molecule has 5 rings (SSSR count). The maximum absolute atomic E-state index is 10.9. The van der Waals surface area contributed by atoms with Crippen molar-refractivity contribution in [1.82, 2.24) is 4.90 Å². The molecule has 1 aromatic carbocycles. The Morgan fingerprint density at radius 2 is 2.00 bits per heavy atom. The summed E-state index contributed by atoms with van der Waals surface area (Å²) in [6.07, 6.45) is 7.05. The van der Waals surface area contributed by atoms with Crippen LogP contribution in [-0.4, -0.2) is 35.7 Å². The van der Waals surface area contributed by atoms with Crippen LogP contribution >= 0.6 is 0 Å². The zero-order valence-electron chi connectivity index (χ0n) is 15.1. The van der Waals surface area contributed by atoms with Crippen molar-refractivity contribution in [2.24, 2.45) is 23.7 Å². The third kappa shape index (κ3) is 3.69. The second kappa shape index (κ2) is 6.99. The molecule has 0 amide bonds. The van der Waals surface area contributed by atoms with Crippen LogP contribution in [0.15, 0.2) is 18.2 Å². The first-order valence-electron chi connectivity index (χ1n) is 9.76. The predicted octanol–water partition coefficient (Wildman–Crippen LogP) is 3.72. The van der Waals surface area contributed by atoms with Crippen LogP contribution in [0.1, 0.15) is 43.2 Å². The lowest BCUT2D eigenvalue weighted by atomic mass is 9.65. The quantitative estimate of drug-likeness (QED) is 0.855. The number of hydrogen-bond donors (Lipinski definition) is 1. The molecule has 0 spiro atoms. The Labute approximate surface area is 150 Å². The molecule has 0 aromatic heterocycles. The predicted molar refractivity (Wildman–Crippen MR) is 96.6 cm³/mol. The van der Waals surface area contributed by atoms with E-state index in [1.165, 1.54) is 43.2 Å². The van der Waals surface area contributed by atoms with E-state index in [1.54, 1.807) is 0 Å². The standard InChI is InChI=1S/C21H29NO3/c1-14-8-20(25-13-18-9-15-2-4-16(18)5-3-15)7-6-17(14)10-22-11-19(12-22)21(23)24/h6-8,15-16,18-19H,2-5,9-13H2,1H3,(H,23,24). The van der Waals surface area contributed by atoms with Gasteiger partial charge in [0.25, 0.3) is 0 Å². The zero-order valence-corrected chi connectivity index (χ0v) is 15.1. The Kier molecular flexibility index (Phi) is 4.72. The van der Waals surface area contributed by atoms with Gasteiger partial charge < -0.3 is 9.84 Å². The summed E-state index contributed by atoms with van der Waals surface area (Å²) in [5, 5.41) is 8.97. The van der Waals surface area contributed by atoms with Gasteiger partial charge >= 0.3 is 5.97 Å². The average molecular weight is 343 g/mol. The highest BCUT2D eigenvalue weighted by atomic mass is 16.5. The molecular formula is C21H29NO3. The van der Waals surface area contributed by atoms with Crippen molar-refractivity contribution < 1.29 is 14.6 Å². The summed E-state index contributed by atoms with van der Waals surface area (Å²) in [4.78, 5) is 13.1. The Morgan fingerprint density at radius 1 is 1.24 bits per heavy atom. The zero-order chi connectivity index (χ0) is 17.4. The van der Waals surface area contributed by atoms with E-state index in [9.17, 15) is 4.79 Å². The monoisotopic (exact) mass is 343 g/mol. The number of nitrogens with zero attached hydrogens (tertiary/aromatic N) is 1. The van der Waals surface area contributed by atoms with Crippen LogP contribution in [-0.2, 0) is 11.3 Å². The van der Waals surface area contributed by atoms with Crippen LogP contribution in [0.3, 0.4) is 0 Å². The van der Waals surface area contributed by atoms with Crippen LogP contribution in [0.4, 0.5) is 0 Å². The first-order chi connectivity index (χ1) is 12.1. The van der Waals surface area contributed by atoms with Crippen LogP contribution in [0.2, 0.25) is 0 Å². The molecule has 1 aliphatic heterocycles. The summed E-state index contributed by atoms with van der Waals surface area (Å²) in [5.74, 6) is 2.71. The third-order valence-corrected chi connectivity index (χ3v) is 6.67. The molecule has 0 radical (unpaired) electrons. The van der Waals surface area contributed by atoms with Gasteiger partial charge in [0.2, 0.25) is 0 Å². The fourth-order valence-corrected chi connectivity index (χ4v) is 4.95. The summed E-state index contributed by atoms with van der Waals surface area (Å²) < 4.78 is 6.14. The van der Waals surface area contributed by atoms with E-state index in [-0.39, 0.29) is 5.92 Å². The van der Waals surface area contributed by atoms with E-state index in [1.807, 2.05) is 0 Å². The van der Waals surface area contributed by atoms with Gasteiger partial charge in [0.05, 0.1) is 12.5 Å². The minimum atomic E-state index is -0.673. The van der Waals surface area contributed by atoms with E-state index in [0.29, 0.717) is 13.1 Å². The first-order valence-corrected chi connectivity index (χ1v) is 9.76. The fraction of sp³-hybridized carbons (Fsp3) is 0.667. The smallest absolute Gasteiger partial charge is 0.309 e. The summed E-state index contributed by atoms with van der Waals surface area (Å²) in [6, 6.07) is 6.37. The van der Waals surface area contributed by atoms with Crippen molar-refractivity contribution in [2.45, 2.75) is 45.6 Å². The van der Waals surface area contributed by atoms with Crippen LogP contribution in [0.5, 0.6) is 5.75 Å². The number of rotatable bonds is 6. The molecule has 4 nitrogen and oxygen atoms in total. The van der Waals surface area contributed by atoms with E-state index in [0.717, 1.165) is 36.7 Å². The number of carboxylic acid groups (broad SMARTS) is 1. The highest BCUT2D eigenvalue weighted by molar-refractivity contribution is 5.71. The highest BCUT2D eigenvalue weighted by Gasteiger charge is 2.36. The molecule has 4 fully saturated rings. The van der Waals surface area contributed by atoms with Gasteiger partial charge in [-0.15, -0.1) is 0 Å². The Bertz CT molecular complexity index is 630. The molecule has 3 aliphatic carbocycles. The average Bonchev–Trinajstić information content (AvgIpc) is 2.58. The minimum absolute atomic E-state index is 0.186. The molecule has 1 aromatic rings. The Morgan fingerprint density at radius 3 is 2.60 bits per heavy atom. The number of likely N-dealkylation sites (tertiary alicyclic amines) is 1. The summed E-state index contributed by atoms with van der Waals surface area (Å²) in [7, 11) is 0. The molecule has 1 saturated heterocycles. The number of carbonyl (C=O) groups is 1. The van der Waals surface area contributed by atoms with Crippen LogP contribution in [0.25, 0.3) is 0 Å². The number of hydrogen-bond acceptors (Lipinski definition) is 3. The molecular weight excluding hydrogens is 314 g/mol. The number of ether oxygens (including phenoxy) is 1. The summed E-state index contributed by atoms with van der Waals surface area (Å²) in [5.41, 5.74) is 2.51. The number of carboxylic acids is 1.